The third-order valence-corrected chi connectivity index (χ3v) is 2.55. The maximum Gasteiger partial charge on any atom is 0.357 e. The maximum absolute atomic E-state index is 13.3. The van der Waals surface area contributed by atoms with Crippen molar-refractivity contribution in [2.24, 2.45) is 0 Å². The summed E-state index contributed by atoms with van der Waals surface area (Å²) >= 11 is 0. The summed E-state index contributed by atoms with van der Waals surface area (Å²) in [6.45, 7) is 0. The Morgan fingerprint density at radius 2 is 2.40 bits per heavy atom. The molecule has 1 fully saturated rings. The van der Waals surface area contributed by atoms with E-state index in [0.717, 1.165) is 6.26 Å². The van der Waals surface area contributed by atoms with Crippen LogP contribution in [0.4, 0.5) is 8.78 Å². The van der Waals surface area contributed by atoms with Gasteiger partial charge in [0.25, 0.3) is 5.92 Å². The van der Waals surface area contributed by atoms with Gasteiger partial charge in [-0.15, -0.1) is 0 Å². The van der Waals surface area contributed by atoms with Gasteiger partial charge >= 0.3 is 5.97 Å². The third kappa shape index (κ3) is 1.71. The predicted molar refractivity (Wildman–Crippen MR) is 45.0 cm³/mol. The van der Waals surface area contributed by atoms with Crippen LogP contribution in [0.3, 0.4) is 0 Å². The van der Waals surface area contributed by atoms with Crippen LogP contribution in [0.5, 0.6) is 0 Å². The lowest BCUT2D eigenvalue weighted by Crippen LogP contribution is -2.20. The van der Waals surface area contributed by atoms with Gasteiger partial charge in [0.1, 0.15) is 6.26 Å². The topological polar surface area (TPSA) is 63.3 Å². The fourth-order valence-corrected chi connectivity index (χ4v) is 1.78. The first-order chi connectivity index (χ1) is 7.00. The zero-order chi connectivity index (χ0) is 11.1. The van der Waals surface area contributed by atoms with E-state index in [2.05, 4.69) is 4.98 Å². The Balaban J connectivity index is 2.26. The Bertz CT molecular complexity index is 388. The maximum atomic E-state index is 13.3. The molecule has 0 saturated heterocycles. The van der Waals surface area contributed by atoms with Gasteiger partial charge in [0.2, 0.25) is 5.89 Å². The minimum Gasteiger partial charge on any atom is -0.476 e. The average Bonchev–Trinajstić information content (AvgIpc) is 2.69. The van der Waals surface area contributed by atoms with E-state index >= 15 is 0 Å². The number of rotatable bonds is 2. The van der Waals surface area contributed by atoms with Crippen LogP contribution in [-0.2, 0) is 0 Å². The van der Waals surface area contributed by atoms with Gasteiger partial charge in [-0.05, 0) is 12.8 Å². The lowest BCUT2D eigenvalue weighted by atomic mass is 10.1. The minimum absolute atomic E-state index is 0.171. The summed E-state index contributed by atoms with van der Waals surface area (Å²) in [5, 5.41) is 8.56. The SMILES string of the molecule is O=C(O)c1coc(C2CCCC2(F)F)n1. The van der Waals surface area contributed by atoms with E-state index in [-0.39, 0.29) is 24.4 Å². The normalized spacial score (nSPS) is 24.3. The molecule has 1 atom stereocenters. The molecule has 1 aromatic heterocycles. The van der Waals surface area contributed by atoms with E-state index in [1.807, 2.05) is 0 Å². The van der Waals surface area contributed by atoms with Gasteiger partial charge in [-0.2, -0.15) is 0 Å². The fraction of sp³-hybridized carbons (Fsp3) is 0.556. The Morgan fingerprint density at radius 1 is 1.67 bits per heavy atom. The summed E-state index contributed by atoms with van der Waals surface area (Å²) in [7, 11) is 0. The van der Waals surface area contributed by atoms with Crippen molar-refractivity contribution in [3.8, 4) is 0 Å². The van der Waals surface area contributed by atoms with Gasteiger partial charge < -0.3 is 9.52 Å². The van der Waals surface area contributed by atoms with Crippen LogP contribution >= 0.6 is 0 Å². The number of hydrogen-bond acceptors (Lipinski definition) is 3. The number of nitrogens with zero attached hydrogens (tertiary/aromatic N) is 1. The molecule has 0 bridgehead atoms. The standard InChI is InChI=1S/C9H9F2NO3/c10-9(11)3-1-2-5(9)7-12-6(4-15-7)8(13)14/h4-5H,1-3H2,(H,13,14). The second kappa shape index (κ2) is 3.29. The van der Waals surface area contributed by atoms with Gasteiger partial charge in [-0.25, -0.2) is 18.6 Å². The fourth-order valence-electron chi connectivity index (χ4n) is 1.78. The Kier molecular flexibility index (Phi) is 2.21. The molecule has 1 aliphatic rings. The average molecular weight is 217 g/mol. The molecule has 82 valence electrons. The van der Waals surface area contributed by atoms with Crippen molar-refractivity contribution in [3.05, 3.63) is 17.8 Å². The zero-order valence-electron chi connectivity index (χ0n) is 7.74. The molecule has 0 aliphatic heterocycles. The lowest BCUT2D eigenvalue weighted by molar-refractivity contribution is -0.0159. The quantitative estimate of drug-likeness (QED) is 0.825. The molecule has 2 rings (SSSR count). The predicted octanol–water partition coefficient (Wildman–Crippen LogP) is 2.28. The number of carboxylic acids is 1. The first-order valence-electron chi connectivity index (χ1n) is 4.57. The summed E-state index contributed by atoms with van der Waals surface area (Å²) in [4.78, 5) is 14.0. The van der Waals surface area contributed by atoms with Crippen molar-refractivity contribution in [1.82, 2.24) is 4.98 Å². The van der Waals surface area contributed by atoms with Crippen LogP contribution < -0.4 is 0 Å². The molecule has 1 aliphatic carbocycles. The van der Waals surface area contributed by atoms with E-state index in [1.54, 1.807) is 0 Å². The summed E-state index contributed by atoms with van der Waals surface area (Å²) < 4.78 is 31.3. The molecule has 1 heterocycles. The number of hydrogen-bond donors (Lipinski definition) is 1. The first-order valence-corrected chi connectivity index (χ1v) is 4.57. The van der Waals surface area contributed by atoms with E-state index in [9.17, 15) is 13.6 Å². The van der Waals surface area contributed by atoms with Crippen molar-refractivity contribution in [2.75, 3.05) is 0 Å². The number of alkyl halides is 2. The molecule has 1 unspecified atom stereocenters. The molecular formula is C9H9F2NO3. The van der Waals surface area contributed by atoms with E-state index < -0.39 is 17.8 Å². The highest BCUT2D eigenvalue weighted by atomic mass is 19.3. The summed E-state index contributed by atoms with van der Waals surface area (Å²) in [5.74, 6) is -5.35. The third-order valence-electron chi connectivity index (χ3n) is 2.55. The highest BCUT2D eigenvalue weighted by molar-refractivity contribution is 5.84. The molecule has 1 aromatic rings. The largest absolute Gasteiger partial charge is 0.476 e. The van der Waals surface area contributed by atoms with Crippen LogP contribution in [0.1, 0.15) is 41.6 Å². The van der Waals surface area contributed by atoms with Crippen LogP contribution in [-0.4, -0.2) is 22.0 Å². The van der Waals surface area contributed by atoms with Gasteiger partial charge in [-0.3, -0.25) is 0 Å². The molecule has 15 heavy (non-hydrogen) atoms. The molecule has 0 amide bonds. The van der Waals surface area contributed by atoms with Crippen molar-refractivity contribution in [1.29, 1.82) is 0 Å². The van der Waals surface area contributed by atoms with Crippen molar-refractivity contribution < 1.29 is 23.1 Å². The molecule has 4 nitrogen and oxygen atoms in total. The van der Waals surface area contributed by atoms with Crippen molar-refractivity contribution in [3.63, 3.8) is 0 Å². The number of carboxylic acid groups (broad SMARTS) is 1. The number of carbonyl (C=O) groups is 1. The van der Waals surface area contributed by atoms with Gasteiger partial charge in [0.05, 0.1) is 5.92 Å². The van der Waals surface area contributed by atoms with E-state index in [4.69, 9.17) is 9.52 Å². The molecule has 1 saturated carbocycles. The van der Waals surface area contributed by atoms with Gasteiger partial charge in [-0.1, -0.05) is 0 Å². The Morgan fingerprint density at radius 3 is 2.87 bits per heavy atom. The van der Waals surface area contributed by atoms with Crippen molar-refractivity contribution in [2.45, 2.75) is 31.1 Å². The monoisotopic (exact) mass is 217 g/mol. The molecule has 1 N–H and O–H groups in total. The molecule has 0 radical (unpaired) electrons. The van der Waals surface area contributed by atoms with Crippen LogP contribution in [0, 0.1) is 0 Å². The second-order valence-electron chi connectivity index (χ2n) is 3.58. The Hall–Kier alpha value is -1.46. The number of oxazole rings is 1. The highest BCUT2D eigenvalue weighted by Gasteiger charge is 2.47. The molecule has 0 aromatic carbocycles. The van der Waals surface area contributed by atoms with Crippen LogP contribution in [0.2, 0.25) is 0 Å². The second-order valence-corrected chi connectivity index (χ2v) is 3.58. The summed E-state index contributed by atoms with van der Waals surface area (Å²) in [6.07, 6.45) is 1.39. The van der Waals surface area contributed by atoms with E-state index in [0.29, 0.717) is 6.42 Å². The first kappa shape index (κ1) is 10.1. The summed E-state index contributed by atoms with van der Waals surface area (Å²) in [5.41, 5.74) is -0.326. The van der Waals surface area contributed by atoms with Crippen LogP contribution in [0.15, 0.2) is 10.7 Å². The minimum atomic E-state index is -2.83. The van der Waals surface area contributed by atoms with Crippen LogP contribution in [0.25, 0.3) is 0 Å². The van der Waals surface area contributed by atoms with E-state index in [1.165, 1.54) is 0 Å². The van der Waals surface area contributed by atoms with Gasteiger partial charge in [0.15, 0.2) is 5.69 Å². The van der Waals surface area contributed by atoms with Crippen molar-refractivity contribution >= 4 is 5.97 Å². The molecule has 6 heteroatoms. The van der Waals surface area contributed by atoms with Gasteiger partial charge in [0, 0.05) is 6.42 Å². The number of aromatic carboxylic acids is 1. The smallest absolute Gasteiger partial charge is 0.357 e. The highest BCUT2D eigenvalue weighted by Crippen LogP contribution is 2.46. The summed E-state index contributed by atoms with van der Waals surface area (Å²) in [6, 6.07) is 0. The molecular weight excluding hydrogens is 208 g/mol. The molecule has 0 spiro atoms. The number of aromatic nitrogens is 1. The lowest BCUT2D eigenvalue weighted by Gasteiger charge is -2.14. The number of halogens is 2. The Labute approximate surface area is 83.9 Å². The zero-order valence-corrected chi connectivity index (χ0v) is 7.74.